The van der Waals surface area contributed by atoms with Crippen LogP contribution in [0.2, 0.25) is 0 Å². The minimum atomic E-state index is -0.379. The molecule has 0 atom stereocenters. The Bertz CT molecular complexity index is 214. The predicted molar refractivity (Wildman–Crippen MR) is 53.3 cm³/mol. The second-order valence-electron chi connectivity index (χ2n) is 2.89. The Hall–Kier alpha value is -0.560. The second-order valence-corrected chi connectivity index (χ2v) is 3.23. The van der Waals surface area contributed by atoms with Crippen LogP contribution in [0, 0.1) is 0 Å². The van der Waals surface area contributed by atoms with Crippen LogP contribution in [-0.4, -0.2) is 5.24 Å². The van der Waals surface area contributed by atoms with Gasteiger partial charge in [0.25, 0.3) is 0 Å². The third-order valence-corrected chi connectivity index (χ3v) is 1.87. The summed E-state index contributed by atoms with van der Waals surface area (Å²) in [5.74, 6) is 0. The molecule has 0 radical (unpaired) electrons. The molecule has 0 N–H and O–H groups in total. The molecule has 0 aromatic heterocycles. The van der Waals surface area contributed by atoms with E-state index < -0.39 is 0 Å². The maximum atomic E-state index is 10.6. The third kappa shape index (κ3) is 5.14. The van der Waals surface area contributed by atoms with Crippen molar-refractivity contribution in [2.75, 3.05) is 0 Å². The fourth-order valence-electron chi connectivity index (χ4n) is 0.810. The zero-order chi connectivity index (χ0) is 9.56. The van der Waals surface area contributed by atoms with Crippen LogP contribution in [0.4, 0.5) is 0 Å². The van der Waals surface area contributed by atoms with Crippen LogP contribution < -0.4 is 0 Å². The molecule has 0 fully saturated rings. The van der Waals surface area contributed by atoms with Crippen LogP contribution in [0.25, 0.3) is 0 Å². The average molecular weight is 187 g/mol. The second kappa shape index (κ2) is 6.01. The average Bonchev–Trinajstić information content (AvgIpc) is 2.00. The van der Waals surface area contributed by atoms with Crippen LogP contribution in [0.1, 0.15) is 33.6 Å². The summed E-state index contributed by atoms with van der Waals surface area (Å²) in [5, 5.41) is -0.379. The summed E-state index contributed by atoms with van der Waals surface area (Å²) in [6.45, 7) is 5.89. The fraction of sp³-hybridized carbons (Fsp3) is 0.500. The van der Waals surface area contributed by atoms with Gasteiger partial charge in [0, 0.05) is 5.57 Å². The molecule has 0 aliphatic heterocycles. The van der Waals surface area contributed by atoms with Gasteiger partial charge in [0.15, 0.2) is 0 Å². The molecule has 2 heteroatoms. The Balaban J connectivity index is 4.17. The first-order valence-electron chi connectivity index (χ1n) is 4.11. The van der Waals surface area contributed by atoms with Crippen LogP contribution in [0.15, 0.2) is 23.3 Å². The number of rotatable bonds is 4. The van der Waals surface area contributed by atoms with E-state index in [2.05, 4.69) is 6.92 Å². The van der Waals surface area contributed by atoms with E-state index in [0.29, 0.717) is 5.57 Å². The lowest BCUT2D eigenvalue weighted by Crippen LogP contribution is -1.86. The lowest BCUT2D eigenvalue weighted by atomic mass is 10.1. The van der Waals surface area contributed by atoms with Crippen LogP contribution in [0.3, 0.4) is 0 Å². The summed E-state index contributed by atoms with van der Waals surface area (Å²) >= 11 is 5.25. The zero-order valence-corrected chi connectivity index (χ0v) is 8.61. The summed E-state index contributed by atoms with van der Waals surface area (Å²) in [4.78, 5) is 10.6. The summed E-state index contributed by atoms with van der Waals surface area (Å²) in [6.07, 6.45) is 5.91. The number of carbonyl (C=O) groups excluding carboxylic acids is 1. The molecule has 12 heavy (non-hydrogen) atoms. The quantitative estimate of drug-likeness (QED) is 0.374. The molecule has 0 aliphatic carbocycles. The topological polar surface area (TPSA) is 17.1 Å². The first-order valence-corrected chi connectivity index (χ1v) is 4.49. The lowest BCUT2D eigenvalue weighted by molar-refractivity contribution is -0.108. The Labute approximate surface area is 79.1 Å². The van der Waals surface area contributed by atoms with Crippen molar-refractivity contribution in [2.45, 2.75) is 33.6 Å². The Morgan fingerprint density at radius 3 is 2.33 bits per heavy atom. The van der Waals surface area contributed by atoms with E-state index in [1.54, 1.807) is 13.0 Å². The maximum absolute atomic E-state index is 10.6. The number of allylic oxidation sites excluding steroid dienone is 4. The first-order chi connectivity index (χ1) is 5.57. The van der Waals surface area contributed by atoms with Crippen molar-refractivity contribution in [3.8, 4) is 0 Å². The first kappa shape index (κ1) is 11.4. The van der Waals surface area contributed by atoms with Crippen molar-refractivity contribution in [3.05, 3.63) is 23.3 Å². The lowest BCUT2D eigenvalue weighted by Gasteiger charge is -1.94. The molecule has 0 aromatic rings. The molecule has 0 aromatic carbocycles. The van der Waals surface area contributed by atoms with Gasteiger partial charge in [0.05, 0.1) is 0 Å². The van der Waals surface area contributed by atoms with Crippen molar-refractivity contribution in [3.63, 3.8) is 0 Å². The van der Waals surface area contributed by atoms with Gasteiger partial charge in [0.1, 0.15) is 0 Å². The van der Waals surface area contributed by atoms with Crippen molar-refractivity contribution in [1.82, 2.24) is 0 Å². The van der Waals surface area contributed by atoms with Crippen LogP contribution >= 0.6 is 11.6 Å². The SMILES string of the molecule is CCCC(C)=CC=C(C)C(=O)Cl. The van der Waals surface area contributed by atoms with Gasteiger partial charge in [-0.3, -0.25) is 4.79 Å². The van der Waals surface area contributed by atoms with Gasteiger partial charge in [0.2, 0.25) is 5.24 Å². The number of hydrogen-bond donors (Lipinski definition) is 0. The molecule has 1 nitrogen and oxygen atoms in total. The van der Waals surface area contributed by atoms with Gasteiger partial charge in [-0.25, -0.2) is 0 Å². The molecule has 0 saturated carbocycles. The Morgan fingerprint density at radius 2 is 1.92 bits per heavy atom. The molecule has 0 unspecified atom stereocenters. The molecule has 0 rings (SSSR count). The molecule has 68 valence electrons. The largest absolute Gasteiger partial charge is 0.276 e. The number of carbonyl (C=O) groups is 1. The molecular weight excluding hydrogens is 172 g/mol. The van der Waals surface area contributed by atoms with Gasteiger partial charge >= 0.3 is 0 Å². The zero-order valence-electron chi connectivity index (χ0n) is 7.86. The number of halogens is 1. The molecule has 0 bridgehead atoms. The van der Waals surface area contributed by atoms with E-state index in [1.807, 2.05) is 13.0 Å². The normalized spacial score (nSPS) is 13.3. The maximum Gasteiger partial charge on any atom is 0.248 e. The Kier molecular flexibility index (Phi) is 5.73. The summed E-state index contributed by atoms with van der Waals surface area (Å²) < 4.78 is 0. The summed E-state index contributed by atoms with van der Waals surface area (Å²) in [6, 6.07) is 0. The monoisotopic (exact) mass is 186 g/mol. The van der Waals surface area contributed by atoms with E-state index in [1.165, 1.54) is 5.57 Å². The van der Waals surface area contributed by atoms with E-state index in [4.69, 9.17) is 11.6 Å². The highest BCUT2D eigenvalue weighted by atomic mass is 35.5. The highest BCUT2D eigenvalue weighted by Gasteiger charge is 1.95. The molecule has 0 heterocycles. The summed E-state index contributed by atoms with van der Waals surface area (Å²) in [5.41, 5.74) is 1.86. The fourth-order valence-corrected chi connectivity index (χ4v) is 0.873. The smallest absolute Gasteiger partial charge is 0.248 e. The Morgan fingerprint density at radius 1 is 1.33 bits per heavy atom. The van der Waals surface area contributed by atoms with Crippen molar-refractivity contribution in [1.29, 1.82) is 0 Å². The van der Waals surface area contributed by atoms with E-state index in [9.17, 15) is 4.79 Å². The van der Waals surface area contributed by atoms with Gasteiger partial charge in [-0.15, -0.1) is 0 Å². The predicted octanol–water partition coefficient (Wildman–Crippen LogP) is 3.44. The van der Waals surface area contributed by atoms with Crippen molar-refractivity contribution in [2.24, 2.45) is 0 Å². The molecule has 0 aliphatic rings. The van der Waals surface area contributed by atoms with Crippen LogP contribution in [-0.2, 0) is 4.79 Å². The van der Waals surface area contributed by atoms with E-state index in [0.717, 1.165) is 12.8 Å². The molecular formula is C10H15ClO. The number of hydrogen-bond acceptors (Lipinski definition) is 1. The minimum absolute atomic E-state index is 0.379. The van der Waals surface area contributed by atoms with Gasteiger partial charge in [-0.2, -0.15) is 0 Å². The standard InChI is InChI=1S/C10H15ClO/c1-4-5-8(2)6-7-9(3)10(11)12/h6-7H,4-5H2,1-3H3. The molecule has 0 amide bonds. The molecule has 0 saturated heterocycles. The van der Waals surface area contributed by atoms with Crippen molar-refractivity contribution < 1.29 is 4.79 Å². The molecule has 0 spiro atoms. The highest BCUT2D eigenvalue weighted by molar-refractivity contribution is 6.67. The third-order valence-electron chi connectivity index (χ3n) is 1.57. The summed E-state index contributed by atoms with van der Waals surface area (Å²) in [7, 11) is 0. The highest BCUT2D eigenvalue weighted by Crippen LogP contribution is 2.05. The van der Waals surface area contributed by atoms with Crippen LogP contribution in [0.5, 0.6) is 0 Å². The van der Waals surface area contributed by atoms with E-state index in [-0.39, 0.29) is 5.24 Å². The van der Waals surface area contributed by atoms with Gasteiger partial charge in [-0.1, -0.05) is 31.1 Å². The van der Waals surface area contributed by atoms with Gasteiger partial charge < -0.3 is 0 Å². The van der Waals surface area contributed by atoms with E-state index >= 15 is 0 Å². The minimum Gasteiger partial charge on any atom is -0.276 e. The van der Waals surface area contributed by atoms with Gasteiger partial charge in [-0.05, 0) is 31.9 Å². The van der Waals surface area contributed by atoms with Crippen molar-refractivity contribution >= 4 is 16.8 Å².